The zero-order valence-corrected chi connectivity index (χ0v) is 13.0. The second kappa shape index (κ2) is 7.16. The number of amides is 1. The molecule has 0 spiro atoms. The summed E-state index contributed by atoms with van der Waals surface area (Å²) in [5.41, 5.74) is 0.769. The summed E-state index contributed by atoms with van der Waals surface area (Å²) in [6.07, 6.45) is 0.465. The fourth-order valence-electron chi connectivity index (χ4n) is 2.15. The van der Waals surface area contributed by atoms with Gasteiger partial charge in [0.05, 0.1) is 10.7 Å². The number of hydrogen-bond donors (Lipinski definition) is 1. The average molecular weight is 316 g/mol. The van der Waals surface area contributed by atoms with Crippen molar-refractivity contribution < 1.29 is 4.79 Å². The van der Waals surface area contributed by atoms with Gasteiger partial charge in [0.25, 0.3) is 0 Å². The largest absolute Gasteiger partial charge is 0.383 e. The Morgan fingerprint density at radius 1 is 1.25 bits per heavy atom. The van der Waals surface area contributed by atoms with E-state index in [1.807, 2.05) is 4.90 Å². The van der Waals surface area contributed by atoms with Crippen LogP contribution in [0, 0.1) is 0 Å². The summed E-state index contributed by atoms with van der Waals surface area (Å²) in [6.45, 7) is 4.07. The van der Waals surface area contributed by atoms with E-state index in [1.165, 1.54) is 0 Å². The fraction of sp³-hybridized carbons (Fsp3) is 0.500. The Morgan fingerprint density at radius 3 is 2.65 bits per heavy atom. The third-order valence-electron chi connectivity index (χ3n) is 3.44. The molecule has 0 aliphatic carbocycles. The quantitative estimate of drug-likeness (QED) is 0.927. The molecule has 0 unspecified atom stereocenters. The molecule has 20 heavy (non-hydrogen) atoms. The van der Waals surface area contributed by atoms with Gasteiger partial charge in [-0.3, -0.25) is 4.79 Å². The molecule has 1 fully saturated rings. The van der Waals surface area contributed by atoms with Gasteiger partial charge in [-0.15, -0.1) is 0 Å². The van der Waals surface area contributed by atoms with E-state index in [9.17, 15) is 4.79 Å². The summed E-state index contributed by atoms with van der Waals surface area (Å²) < 4.78 is 0. The maximum atomic E-state index is 12.1. The molecule has 2 rings (SSSR count). The fourth-order valence-corrected chi connectivity index (χ4v) is 2.51. The van der Waals surface area contributed by atoms with Gasteiger partial charge in [-0.2, -0.15) is 0 Å². The van der Waals surface area contributed by atoms with Crippen LogP contribution in [-0.4, -0.2) is 55.5 Å². The molecule has 4 nitrogen and oxygen atoms in total. The predicted molar refractivity (Wildman–Crippen MR) is 83.6 cm³/mol. The van der Waals surface area contributed by atoms with Crippen LogP contribution in [0.1, 0.15) is 6.42 Å². The van der Waals surface area contributed by atoms with Gasteiger partial charge in [-0.05, 0) is 25.2 Å². The first-order valence-electron chi connectivity index (χ1n) is 6.71. The Labute approximate surface area is 129 Å². The Bertz CT molecular complexity index is 473. The standard InChI is InChI=1S/C14H19Cl2N3O/c1-18-6-8-19(9-7-18)14(20)4-5-17-13-10-11(15)2-3-12(13)16/h2-3,10,17H,4-9H2,1H3. The van der Waals surface area contributed by atoms with Crippen LogP contribution in [0.25, 0.3) is 0 Å². The van der Waals surface area contributed by atoms with E-state index in [4.69, 9.17) is 23.2 Å². The number of nitrogens with one attached hydrogen (secondary N) is 1. The number of likely N-dealkylation sites (N-methyl/N-ethyl adjacent to an activating group) is 1. The normalized spacial score (nSPS) is 16.2. The molecule has 0 radical (unpaired) electrons. The highest BCUT2D eigenvalue weighted by molar-refractivity contribution is 6.35. The minimum atomic E-state index is 0.184. The molecule has 1 amide bonds. The molecule has 0 bridgehead atoms. The average Bonchev–Trinajstić information content (AvgIpc) is 2.43. The molecular weight excluding hydrogens is 297 g/mol. The Kier molecular flexibility index (Phi) is 5.52. The first kappa shape index (κ1) is 15.4. The van der Waals surface area contributed by atoms with E-state index in [0.717, 1.165) is 31.9 Å². The van der Waals surface area contributed by atoms with Crippen LogP contribution in [0.5, 0.6) is 0 Å². The second-order valence-electron chi connectivity index (χ2n) is 4.99. The Balaban J connectivity index is 1.78. The molecule has 0 atom stereocenters. The lowest BCUT2D eigenvalue weighted by Gasteiger charge is -2.32. The number of hydrogen-bond acceptors (Lipinski definition) is 3. The number of piperazine rings is 1. The third-order valence-corrected chi connectivity index (χ3v) is 4.00. The lowest BCUT2D eigenvalue weighted by Crippen LogP contribution is -2.47. The van der Waals surface area contributed by atoms with Gasteiger partial charge < -0.3 is 15.1 Å². The van der Waals surface area contributed by atoms with Gasteiger partial charge in [0.15, 0.2) is 0 Å². The van der Waals surface area contributed by atoms with Crippen molar-refractivity contribution in [2.75, 3.05) is 45.1 Å². The van der Waals surface area contributed by atoms with Gasteiger partial charge in [0, 0.05) is 44.2 Å². The molecular formula is C14H19Cl2N3O. The van der Waals surface area contributed by atoms with Crippen molar-refractivity contribution in [3.63, 3.8) is 0 Å². The Hall–Kier alpha value is -0.970. The number of carbonyl (C=O) groups excluding carboxylic acids is 1. The molecule has 1 aromatic carbocycles. The van der Waals surface area contributed by atoms with Crippen molar-refractivity contribution in [2.45, 2.75) is 6.42 Å². The van der Waals surface area contributed by atoms with Gasteiger partial charge in [0.1, 0.15) is 0 Å². The van der Waals surface area contributed by atoms with E-state index in [1.54, 1.807) is 18.2 Å². The van der Waals surface area contributed by atoms with E-state index in [2.05, 4.69) is 17.3 Å². The number of benzene rings is 1. The molecule has 0 saturated carbocycles. The maximum Gasteiger partial charge on any atom is 0.224 e. The highest BCUT2D eigenvalue weighted by Crippen LogP contribution is 2.25. The minimum absolute atomic E-state index is 0.184. The highest BCUT2D eigenvalue weighted by Gasteiger charge is 2.18. The van der Waals surface area contributed by atoms with Gasteiger partial charge in [0.2, 0.25) is 5.91 Å². The number of halogens is 2. The Morgan fingerprint density at radius 2 is 1.95 bits per heavy atom. The number of rotatable bonds is 4. The summed E-state index contributed by atoms with van der Waals surface area (Å²) in [4.78, 5) is 16.2. The second-order valence-corrected chi connectivity index (χ2v) is 5.83. The summed E-state index contributed by atoms with van der Waals surface area (Å²) in [6, 6.07) is 5.25. The topological polar surface area (TPSA) is 35.6 Å². The smallest absolute Gasteiger partial charge is 0.224 e. The van der Waals surface area contributed by atoms with Crippen molar-refractivity contribution in [3.05, 3.63) is 28.2 Å². The maximum absolute atomic E-state index is 12.1. The van der Waals surface area contributed by atoms with Crippen LogP contribution in [0.3, 0.4) is 0 Å². The third kappa shape index (κ3) is 4.27. The summed E-state index contributed by atoms with van der Waals surface area (Å²) in [5.74, 6) is 0.184. The van der Waals surface area contributed by atoms with E-state index < -0.39 is 0 Å². The minimum Gasteiger partial charge on any atom is -0.383 e. The molecule has 1 aliphatic rings. The van der Waals surface area contributed by atoms with Crippen LogP contribution in [-0.2, 0) is 4.79 Å². The lowest BCUT2D eigenvalue weighted by molar-refractivity contribution is -0.132. The number of carbonyl (C=O) groups is 1. The number of nitrogens with zero attached hydrogens (tertiary/aromatic N) is 2. The van der Waals surface area contributed by atoms with Crippen LogP contribution in [0.2, 0.25) is 10.0 Å². The van der Waals surface area contributed by atoms with E-state index in [-0.39, 0.29) is 5.91 Å². The molecule has 1 N–H and O–H groups in total. The van der Waals surface area contributed by atoms with Crippen molar-refractivity contribution in [1.29, 1.82) is 0 Å². The van der Waals surface area contributed by atoms with Crippen molar-refractivity contribution in [2.24, 2.45) is 0 Å². The summed E-state index contributed by atoms with van der Waals surface area (Å²) in [5, 5.41) is 4.40. The molecule has 0 aromatic heterocycles. The molecule has 1 aromatic rings. The van der Waals surface area contributed by atoms with Crippen molar-refractivity contribution in [3.8, 4) is 0 Å². The van der Waals surface area contributed by atoms with Gasteiger partial charge in [-0.1, -0.05) is 23.2 Å². The van der Waals surface area contributed by atoms with Gasteiger partial charge >= 0.3 is 0 Å². The van der Waals surface area contributed by atoms with Crippen LogP contribution >= 0.6 is 23.2 Å². The summed E-state index contributed by atoms with van der Waals surface area (Å²) >= 11 is 12.0. The van der Waals surface area contributed by atoms with Crippen LogP contribution in [0.15, 0.2) is 18.2 Å². The van der Waals surface area contributed by atoms with Crippen molar-refractivity contribution >= 4 is 34.8 Å². The van der Waals surface area contributed by atoms with Gasteiger partial charge in [-0.25, -0.2) is 0 Å². The number of anilines is 1. The van der Waals surface area contributed by atoms with Crippen LogP contribution < -0.4 is 5.32 Å². The SMILES string of the molecule is CN1CCN(C(=O)CCNc2cc(Cl)ccc2Cl)CC1. The zero-order chi connectivity index (χ0) is 14.5. The van der Waals surface area contributed by atoms with E-state index >= 15 is 0 Å². The van der Waals surface area contributed by atoms with Crippen molar-refractivity contribution in [1.82, 2.24) is 9.80 Å². The molecule has 1 saturated heterocycles. The molecule has 110 valence electrons. The lowest BCUT2D eigenvalue weighted by atomic mass is 10.2. The zero-order valence-electron chi connectivity index (χ0n) is 11.5. The monoisotopic (exact) mass is 315 g/mol. The first-order chi connectivity index (χ1) is 9.56. The van der Waals surface area contributed by atoms with E-state index in [0.29, 0.717) is 23.0 Å². The molecule has 6 heteroatoms. The summed E-state index contributed by atoms with van der Waals surface area (Å²) in [7, 11) is 2.07. The first-order valence-corrected chi connectivity index (χ1v) is 7.47. The van der Waals surface area contributed by atoms with Crippen LogP contribution in [0.4, 0.5) is 5.69 Å². The molecule has 1 aliphatic heterocycles. The predicted octanol–water partition coefficient (Wildman–Crippen LogP) is 2.57. The highest BCUT2D eigenvalue weighted by atomic mass is 35.5. The molecule has 1 heterocycles.